The van der Waals surface area contributed by atoms with Gasteiger partial charge in [0.2, 0.25) is 5.43 Å². The van der Waals surface area contributed by atoms with Gasteiger partial charge in [-0.3, -0.25) is 14.2 Å². The zero-order valence-electron chi connectivity index (χ0n) is 14.9. The summed E-state index contributed by atoms with van der Waals surface area (Å²) in [6, 6.07) is 16.8. The van der Waals surface area contributed by atoms with E-state index >= 15 is 0 Å². The first-order chi connectivity index (χ1) is 12.5. The van der Waals surface area contributed by atoms with Crippen molar-refractivity contribution in [1.82, 2.24) is 14.1 Å². The molecule has 0 bridgehead atoms. The molecule has 1 atom stereocenters. The highest BCUT2D eigenvalue weighted by Gasteiger charge is 2.19. The molecule has 0 aliphatic carbocycles. The molecule has 0 N–H and O–H groups in total. The first-order valence-electron chi connectivity index (χ1n) is 8.56. The predicted molar refractivity (Wildman–Crippen MR) is 104 cm³/mol. The molecule has 0 radical (unpaired) electrons. The Morgan fingerprint density at radius 1 is 0.962 bits per heavy atom. The van der Waals surface area contributed by atoms with Gasteiger partial charge in [0.05, 0.1) is 11.6 Å². The quantitative estimate of drug-likeness (QED) is 0.524. The largest absolute Gasteiger partial charge is 0.328 e. The lowest BCUT2D eigenvalue weighted by molar-refractivity contribution is 0.586. The summed E-state index contributed by atoms with van der Waals surface area (Å²) in [6.45, 7) is 3.75. The van der Waals surface area contributed by atoms with Crippen LogP contribution in [0.25, 0.3) is 21.9 Å². The summed E-state index contributed by atoms with van der Waals surface area (Å²) in [5.74, 6) is 0.587. The zero-order valence-corrected chi connectivity index (χ0v) is 14.9. The van der Waals surface area contributed by atoms with E-state index in [9.17, 15) is 9.59 Å². The number of benzene rings is 2. The predicted octanol–water partition coefficient (Wildman–Crippen LogP) is 3.17. The number of nitrogens with zero attached hydrogens (tertiary/aromatic N) is 3. The lowest BCUT2D eigenvalue weighted by Gasteiger charge is -2.19. The Kier molecular flexibility index (Phi) is 3.72. The number of hydrogen-bond donors (Lipinski definition) is 0. The van der Waals surface area contributed by atoms with E-state index in [4.69, 9.17) is 0 Å². The van der Waals surface area contributed by atoms with Crippen LogP contribution in [-0.2, 0) is 7.05 Å². The molecule has 0 amide bonds. The highest BCUT2D eigenvalue weighted by atomic mass is 16.1. The van der Waals surface area contributed by atoms with Crippen molar-refractivity contribution in [3.05, 3.63) is 86.6 Å². The molecule has 2 aromatic carbocycles. The van der Waals surface area contributed by atoms with Gasteiger partial charge in [-0.25, -0.2) is 4.98 Å². The molecule has 0 saturated heterocycles. The molecule has 2 aromatic heterocycles. The number of aryl methyl sites for hydroxylation is 2. The maximum Gasteiger partial charge on any atom is 0.267 e. The first-order valence-corrected chi connectivity index (χ1v) is 8.56. The van der Waals surface area contributed by atoms with Crippen LogP contribution in [0.5, 0.6) is 0 Å². The third kappa shape index (κ3) is 2.28. The maximum atomic E-state index is 13.3. The molecule has 0 saturated carbocycles. The molecule has 5 heteroatoms. The monoisotopic (exact) mass is 345 g/mol. The van der Waals surface area contributed by atoms with Gasteiger partial charge in [0, 0.05) is 12.4 Å². The van der Waals surface area contributed by atoms with E-state index in [1.807, 2.05) is 67.1 Å². The van der Waals surface area contributed by atoms with E-state index in [2.05, 4.69) is 4.98 Å². The molecular formula is C21H19N3O2. The lowest BCUT2D eigenvalue weighted by Crippen LogP contribution is -2.31. The van der Waals surface area contributed by atoms with Crippen LogP contribution in [0.4, 0.5) is 0 Å². The molecule has 2 heterocycles. The standard InChI is InChI=1S/C21H19N3O2/c1-13(15-9-5-4-6-10-15)24-14(2)22-20-18(21(24)26)19(25)16-11-7-8-12-17(16)23(20)3/h4-13H,1-3H3. The molecule has 0 spiro atoms. The van der Waals surface area contributed by atoms with Crippen molar-refractivity contribution < 1.29 is 0 Å². The number of hydrogen-bond acceptors (Lipinski definition) is 3. The normalized spacial score (nSPS) is 12.6. The average molecular weight is 345 g/mol. The smallest absolute Gasteiger partial charge is 0.267 e. The summed E-state index contributed by atoms with van der Waals surface area (Å²) in [4.78, 5) is 30.9. The van der Waals surface area contributed by atoms with Crippen molar-refractivity contribution in [2.24, 2.45) is 7.05 Å². The van der Waals surface area contributed by atoms with Gasteiger partial charge in [-0.05, 0) is 31.5 Å². The maximum absolute atomic E-state index is 13.3. The fourth-order valence-corrected chi connectivity index (χ4v) is 3.61. The Labute approximate surface area is 150 Å². The molecular weight excluding hydrogens is 326 g/mol. The fourth-order valence-electron chi connectivity index (χ4n) is 3.61. The Balaban J connectivity index is 2.12. The van der Waals surface area contributed by atoms with Crippen LogP contribution in [0.2, 0.25) is 0 Å². The molecule has 0 aliphatic heterocycles. The fraction of sp³-hybridized carbons (Fsp3) is 0.190. The van der Waals surface area contributed by atoms with E-state index in [0.29, 0.717) is 16.9 Å². The van der Waals surface area contributed by atoms with E-state index in [1.54, 1.807) is 17.6 Å². The third-order valence-corrected chi connectivity index (χ3v) is 5.00. The van der Waals surface area contributed by atoms with E-state index < -0.39 is 0 Å². The summed E-state index contributed by atoms with van der Waals surface area (Å²) in [5, 5.41) is 0.670. The Morgan fingerprint density at radius 3 is 2.35 bits per heavy atom. The number of aromatic nitrogens is 3. The minimum absolute atomic E-state index is 0.139. The zero-order chi connectivity index (χ0) is 18.4. The van der Waals surface area contributed by atoms with Crippen molar-refractivity contribution in [3.8, 4) is 0 Å². The second-order valence-electron chi connectivity index (χ2n) is 6.52. The highest BCUT2D eigenvalue weighted by molar-refractivity contribution is 5.91. The van der Waals surface area contributed by atoms with Gasteiger partial charge in [0.1, 0.15) is 11.2 Å². The van der Waals surface area contributed by atoms with Crippen LogP contribution in [0.3, 0.4) is 0 Å². The molecule has 1 unspecified atom stereocenters. The molecule has 0 fully saturated rings. The van der Waals surface area contributed by atoms with Gasteiger partial charge in [-0.1, -0.05) is 42.5 Å². The van der Waals surface area contributed by atoms with E-state index in [0.717, 1.165) is 11.1 Å². The molecule has 4 rings (SSSR count). The van der Waals surface area contributed by atoms with Crippen molar-refractivity contribution in [2.45, 2.75) is 19.9 Å². The lowest BCUT2D eigenvalue weighted by atomic mass is 10.1. The Hall–Kier alpha value is -3.21. The van der Waals surface area contributed by atoms with Crippen molar-refractivity contribution in [1.29, 1.82) is 0 Å². The first kappa shape index (κ1) is 16.3. The number of pyridine rings is 1. The molecule has 130 valence electrons. The summed E-state index contributed by atoms with van der Waals surface area (Å²) in [5.41, 5.74) is 1.63. The second kappa shape index (κ2) is 5.95. The van der Waals surface area contributed by atoms with Gasteiger partial charge in [-0.2, -0.15) is 0 Å². The minimum atomic E-state index is -0.296. The third-order valence-electron chi connectivity index (χ3n) is 5.00. The van der Waals surface area contributed by atoms with Gasteiger partial charge < -0.3 is 4.57 Å². The van der Waals surface area contributed by atoms with Crippen molar-refractivity contribution >= 4 is 21.9 Å². The topological polar surface area (TPSA) is 56.9 Å². The van der Waals surface area contributed by atoms with Gasteiger partial charge in [-0.15, -0.1) is 0 Å². The average Bonchev–Trinajstić information content (AvgIpc) is 2.66. The highest BCUT2D eigenvalue weighted by Crippen LogP contribution is 2.19. The minimum Gasteiger partial charge on any atom is -0.328 e. The summed E-state index contributed by atoms with van der Waals surface area (Å²) >= 11 is 0. The number of fused-ring (bicyclic) bond motifs is 2. The summed E-state index contributed by atoms with van der Waals surface area (Å²) < 4.78 is 3.42. The van der Waals surface area contributed by atoms with Crippen LogP contribution in [-0.4, -0.2) is 14.1 Å². The molecule has 4 aromatic rings. The number of para-hydroxylation sites is 1. The second-order valence-corrected chi connectivity index (χ2v) is 6.52. The summed E-state index contributed by atoms with van der Waals surface area (Å²) in [7, 11) is 1.83. The van der Waals surface area contributed by atoms with Crippen LogP contribution in [0.1, 0.15) is 24.4 Å². The van der Waals surface area contributed by atoms with E-state index in [-0.39, 0.29) is 22.4 Å². The summed E-state index contributed by atoms with van der Waals surface area (Å²) in [6.07, 6.45) is 0. The van der Waals surface area contributed by atoms with E-state index in [1.165, 1.54) is 0 Å². The number of rotatable bonds is 2. The van der Waals surface area contributed by atoms with Crippen LogP contribution in [0.15, 0.2) is 64.2 Å². The van der Waals surface area contributed by atoms with Gasteiger partial charge in [0.15, 0.2) is 5.65 Å². The SMILES string of the molecule is Cc1nc2c(c(=O)c3ccccc3n2C)c(=O)n1C(C)c1ccccc1. The molecule has 26 heavy (non-hydrogen) atoms. The van der Waals surface area contributed by atoms with Crippen molar-refractivity contribution in [2.75, 3.05) is 0 Å². The Morgan fingerprint density at radius 2 is 1.62 bits per heavy atom. The van der Waals surface area contributed by atoms with Gasteiger partial charge in [0.25, 0.3) is 5.56 Å². The molecule has 5 nitrogen and oxygen atoms in total. The van der Waals surface area contributed by atoms with Crippen molar-refractivity contribution in [3.63, 3.8) is 0 Å². The Bertz CT molecular complexity index is 1250. The molecule has 0 aliphatic rings. The van der Waals surface area contributed by atoms with Crippen LogP contribution in [0, 0.1) is 6.92 Å². The van der Waals surface area contributed by atoms with Crippen LogP contribution < -0.4 is 11.0 Å². The van der Waals surface area contributed by atoms with Crippen LogP contribution >= 0.6 is 0 Å². The van der Waals surface area contributed by atoms with Gasteiger partial charge >= 0.3 is 0 Å².